The Balaban J connectivity index is 1.40. The lowest BCUT2D eigenvalue weighted by molar-refractivity contribution is 0.0640. The lowest BCUT2D eigenvalue weighted by atomic mass is 10.1. The molecule has 0 radical (unpaired) electrons. The zero-order valence-corrected chi connectivity index (χ0v) is 18.3. The van der Waals surface area contributed by atoms with Gasteiger partial charge in [-0.1, -0.05) is 30.3 Å². The fraction of sp³-hybridized carbons (Fsp3) is 0.231. The van der Waals surface area contributed by atoms with Crippen molar-refractivity contribution in [3.05, 3.63) is 78.2 Å². The van der Waals surface area contributed by atoms with Crippen LogP contribution in [0.15, 0.2) is 67.0 Å². The highest BCUT2D eigenvalue weighted by atomic mass is 16.2. The molecule has 0 spiro atoms. The van der Waals surface area contributed by atoms with Crippen LogP contribution in [0.4, 0.5) is 5.69 Å². The van der Waals surface area contributed by atoms with Crippen LogP contribution >= 0.6 is 0 Å². The highest BCUT2D eigenvalue weighted by Crippen LogP contribution is 2.19. The minimum atomic E-state index is -0.330. The van der Waals surface area contributed by atoms with Crippen molar-refractivity contribution in [2.75, 3.05) is 38.0 Å². The molecule has 2 heterocycles. The summed E-state index contributed by atoms with van der Waals surface area (Å²) in [6.07, 6.45) is 9.10. The molecule has 0 aliphatic carbocycles. The van der Waals surface area contributed by atoms with Gasteiger partial charge in [0.2, 0.25) is 0 Å². The van der Waals surface area contributed by atoms with Crippen molar-refractivity contribution < 1.29 is 9.59 Å². The normalized spacial score (nSPS) is 13.8. The summed E-state index contributed by atoms with van der Waals surface area (Å²) in [4.78, 5) is 38.2. The maximum Gasteiger partial charge on any atom is 0.275 e. The van der Waals surface area contributed by atoms with E-state index < -0.39 is 0 Å². The maximum absolute atomic E-state index is 12.9. The first-order valence-electron chi connectivity index (χ1n) is 10.9. The molecule has 1 saturated heterocycles. The number of para-hydroxylation sites is 1. The molecule has 1 fully saturated rings. The fourth-order valence-electron chi connectivity index (χ4n) is 3.69. The smallest absolute Gasteiger partial charge is 0.275 e. The lowest BCUT2D eigenvalue weighted by Crippen LogP contribution is -2.48. The quantitative estimate of drug-likeness (QED) is 0.597. The van der Waals surface area contributed by atoms with Crippen molar-refractivity contribution in [1.29, 1.82) is 0 Å². The van der Waals surface area contributed by atoms with Crippen LogP contribution in [0.2, 0.25) is 0 Å². The van der Waals surface area contributed by atoms with Crippen molar-refractivity contribution in [1.82, 2.24) is 19.8 Å². The van der Waals surface area contributed by atoms with Gasteiger partial charge in [-0.25, -0.2) is 4.98 Å². The van der Waals surface area contributed by atoms with Gasteiger partial charge >= 0.3 is 0 Å². The number of hydrogen-bond acceptors (Lipinski definition) is 5. The van der Waals surface area contributed by atoms with Crippen LogP contribution in [-0.2, 0) is 0 Å². The second-order valence-electron chi connectivity index (χ2n) is 7.78. The molecule has 3 aromatic rings. The molecule has 1 aromatic heterocycles. The van der Waals surface area contributed by atoms with Gasteiger partial charge in [-0.05, 0) is 24.3 Å². The van der Waals surface area contributed by atoms with E-state index in [1.54, 1.807) is 18.3 Å². The fourth-order valence-corrected chi connectivity index (χ4v) is 3.69. The Kier molecular flexibility index (Phi) is 7.08. The van der Waals surface area contributed by atoms with Gasteiger partial charge in [0, 0.05) is 56.0 Å². The first-order valence-corrected chi connectivity index (χ1v) is 10.9. The molecule has 1 aliphatic rings. The number of rotatable bonds is 6. The van der Waals surface area contributed by atoms with Gasteiger partial charge in [-0.2, -0.15) is 0 Å². The molecule has 0 atom stereocenters. The molecule has 2 amide bonds. The topological polar surface area (TPSA) is 78.4 Å². The summed E-state index contributed by atoms with van der Waals surface area (Å²) in [5, 5.41) is 2.81. The van der Waals surface area contributed by atoms with E-state index in [2.05, 4.69) is 26.1 Å². The first kappa shape index (κ1) is 22.2. The minimum absolute atomic E-state index is 0.0141. The monoisotopic (exact) mass is 439 g/mol. The van der Waals surface area contributed by atoms with Gasteiger partial charge < -0.3 is 10.2 Å². The van der Waals surface area contributed by atoms with Crippen molar-refractivity contribution in [3.63, 3.8) is 0 Å². The summed E-state index contributed by atoms with van der Waals surface area (Å²) in [5.41, 5.74) is 2.89. The molecule has 0 bridgehead atoms. The first-order chi connectivity index (χ1) is 16.1. The van der Waals surface area contributed by atoms with Crippen LogP contribution in [0.25, 0.3) is 11.3 Å². The van der Waals surface area contributed by atoms with E-state index >= 15 is 0 Å². The minimum Gasteiger partial charge on any atom is -0.336 e. The number of piperazine rings is 1. The van der Waals surface area contributed by atoms with E-state index in [-0.39, 0.29) is 17.5 Å². The van der Waals surface area contributed by atoms with E-state index in [0.29, 0.717) is 30.0 Å². The number of nitrogens with one attached hydrogen (secondary N) is 1. The third-order valence-electron chi connectivity index (χ3n) is 5.56. The summed E-state index contributed by atoms with van der Waals surface area (Å²) in [6, 6.07) is 16.4. The third kappa shape index (κ3) is 5.62. The molecule has 1 aliphatic heterocycles. The number of aromatic nitrogens is 2. The van der Waals surface area contributed by atoms with E-state index in [4.69, 9.17) is 6.42 Å². The Labute approximate surface area is 193 Å². The van der Waals surface area contributed by atoms with E-state index in [0.717, 1.165) is 31.6 Å². The second kappa shape index (κ2) is 10.5. The number of carbonyl (C=O) groups excluding carboxylic acids is 2. The van der Waals surface area contributed by atoms with E-state index in [1.165, 1.54) is 6.20 Å². The number of hydrogen-bond donors (Lipinski definition) is 1. The molecular weight excluding hydrogens is 414 g/mol. The molecular formula is C26H25N5O2. The predicted octanol–water partition coefficient (Wildman–Crippen LogP) is 3.18. The molecule has 0 unspecified atom stereocenters. The largest absolute Gasteiger partial charge is 0.336 e. The molecule has 1 N–H and O–H groups in total. The maximum atomic E-state index is 12.9. The van der Waals surface area contributed by atoms with Gasteiger partial charge in [-0.3, -0.25) is 19.5 Å². The Morgan fingerprint density at radius 2 is 1.70 bits per heavy atom. The highest BCUT2D eigenvalue weighted by molar-refractivity contribution is 6.03. The number of nitrogens with zero attached hydrogens (tertiary/aromatic N) is 4. The van der Waals surface area contributed by atoms with Crippen molar-refractivity contribution in [2.24, 2.45) is 0 Å². The van der Waals surface area contributed by atoms with Gasteiger partial charge in [0.05, 0.1) is 18.1 Å². The average molecular weight is 440 g/mol. The second-order valence-corrected chi connectivity index (χ2v) is 7.78. The molecule has 166 valence electrons. The van der Waals surface area contributed by atoms with Gasteiger partial charge in [0.15, 0.2) is 0 Å². The van der Waals surface area contributed by atoms with E-state index in [1.807, 2.05) is 47.4 Å². The van der Waals surface area contributed by atoms with Crippen LogP contribution in [0.1, 0.15) is 27.3 Å². The molecule has 4 rings (SSSR count). The van der Waals surface area contributed by atoms with Crippen LogP contribution in [0.3, 0.4) is 0 Å². The van der Waals surface area contributed by atoms with Gasteiger partial charge in [0.1, 0.15) is 5.69 Å². The standard InChI is InChI=1S/C26H25N5O2/c1-2-3-13-30-14-16-31(17-15-30)26(33)21-11-9-20(10-12-21)23-18-27-19-24(29-23)25(32)28-22-7-5-4-6-8-22/h1,4-12,18-19H,3,13-17H2,(H,28,32). The van der Waals surface area contributed by atoms with Crippen LogP contribution in [0.5, 0.6) is 0 Å². The van der Waals surface area contributed by atoms with Gasteiger partial charge in [0.25, 0.3) is 11.8 Å². The van der Waals surface area contributed by atoms with E-state index in [9.17, 15) is 9.59 Å². The number of anilines is 1. The summed E-state index contributed by atoms with van der Waals surface area (Å²) >= 11 is 0. The molecule has 7 heteroatoms. The Hall–Kier alpha value is -4.02. The Morgan fingerprint density at radius 3 is 2.39 bits per heavy atom. The number of carbonyl (C=O) groups is 2. The summed E-state index contributed by atoms with van der Waals surface area (Å²) in [6.45, 7) is 3.92. The lowest BCUT2D eigenvalue weighted by Gasteiger charge is -2.34. The van der Waals surface area contributed by atoms with Crippen LogP contribution in [-0.4, -0.2) is 64.3 Å². The summed E-state index contributed by atoms with van der Waals surface area (Å²) < 4.78 is 0. The van der Waals surface area contributed by atoms with Crippen LogP contribution in [0, 0.1) is 12.3 Å². The summed E-state index contributed by atoms with van der Waals surface area (Å²) in [7, 11) is 0. The Morgan fingerprint density at radius 1 is 0.970 bits per heavy atom. The van der Waals surface area contributed by atoms with Gasteiger partial charge in [-0.15, -0.1) is 12.3 Å². The van der Waals surface area contributed by atoms with Crippen molar-refractivity contribution in [2.45, 2.75) is 6.42 Å². The molecule has 7 nitrogen and oxygen atoms in total. The zero-order valence-electron chi connectivity index (χ0n) is 18.3. The number of amides is 2. The molecule has 33 heavy (non-hydrogen) atoms. The van der Waals surface area contributed by atoms with Crippen molar-refractivity contribution in [3.8, 4) is 23.6 Å². The predicted molar refractivity (Wildman–Crippen MR) is 128 cm³/mol. The number of benzene rings is 2. The zero-order chi connectivity index (χ0) is 23.0. The molecule has 0 saturated carbocycles. The molecule has 2 aromatic carbocycles. The SMILES string of the molecule is C#CCCN1CCN(C(=O)c2ccc(-c3cncc(C(=O)Nc4ccccc4)n3)cc2)CC1. The Bertz CT molecular complexity index is 1150. The van der Waals surface area contributed by atoms with Crippen LogP contribution < -0.4 is 5.32 Å². The average Bonchev–Trinajstić information content (AvgIpc) is 2.88. The summed E-state index contributed by atoms with van der Waals surface area (Å²) in [5.74, 6) is 2.34. The number of terminal acetylenes is 1. The third-order valence-corrected chi connectivity index (χ3v) is 5.56. The van der Waals surface area contributed by atoms with Crippen molar-refractivity contribution >= 4 is 17.5 Å². The highest BCUT2D eigenvalue weighted by Gasteiger charge is 2.22.